The van der Waals surface area contributed by atoms with Crippen LogP contribution in [0.25, 0.3) is 11.1 Å². The van der Waals surface area contributed by atoms with Crippen LogP contribution in [0.2, 0.25) is 0 Å². The Hall–Kier alpha value is -1.81. The summed E-state index contributed by atoms with van der Waals surface area (Å²) in [5, 5.41) is 7.80. The summed E-state index contributed by atoms with van der Waals surface area (Å²) in [5.41, 5.74) is 1.54. The number of hydrogen-bond acceptors (Lipinski definition) is 2. The fraction of sp³-hybridized carbons (Fsp3) is 0.0714. The van der Waals surface area contributed by atoms with E-state index in [1.165, 1.54) is 6.07 Å². The van der Waals surface area contributed by atoms with Gasteiger partial charge >= 0.3 is 5.97 Å². The summed E-state index contributed by atoms with van der Waals surface area (Å²) >= 11 is 3.92. The zero-order chi connectivity index (χ0) is 13.1. The van der Waals surface area contributed by atoms with E-state index in [0.717, 1.165) is 5.56 Å². The molecule has 92 valence electrons. The van der Waals surface area contributed by atoms with Crippen molar-refractivity contribution in [2.45, 2.75) is 5.25 Å². The molecule has 1 atom stereocenters. The Morgan fingerprint density at radius 1 is 1.17 bits per heavy atom. The predicted molar refractivity (Wildman–Crippen MR) is 71.2 cm³/mol. The first-order valence-corrected chi connectivity index (χ1v) is 5.87. The topological polar surface area (TPSA) is 37.3 Å². The second-order valence-corrected chi connectivity index (χ2v) is 4.36. The Morgan fingerprint density at radius 3 is 2.39 bits per heavy atom. The molecule has 1 N–H and O–H groups in total. The lowest BCUT2D eigenvalue weighted by atomic mass is 10.0. The molecule has 1 unspecified atom stereocenters. The Labute approximate surface area is 109 Å². The first-order chi connectivity index (χ1) is 8.59. The molecule has 0 aliphatic carbocycles. The van der Waals surface area contributed by atoms with Crippen molar-refractivity contribution in [3.05, 3.63) is 59.9 Å². The maximum Gasteiger partial charge on any atom is 0.320 e. The molecular weight excluding hydrogens is 251 g/mol. The molecule has 0 aliphatic rings. The lowest BCUT2D eigenvalue weighted by molar-refractivity contribution is -0.136. The van der Waals surface area contributed by atoms with E-state index in [4.69, 9.17) is 5.11 Å². The molecule has 2 nitrogen and oxygen atoms in total. The summed E-state index contributed by atoms with van der Waals surface area (Å²) < 4.78 is 13.9. The van der Waals surface area contributed by atoms with Gasteiger partial charge in [-0.1, -0.05) is 42.5 Å². The van der Waals surface area contributed by atoms with E-state index in [9.17, 15) is 9.18 Å². The van der Waals surface area contributed by atoms with Crippen LogP contribution in [0.4, 0.5) is 4.39 Å². The van der Waals surface area contributed by atoms with Gasteiger partial charge in [0, 0.05) is 5.56 Å². The highest BCUT2D eigenvalue weighted by Gasteiger charge is 2.16. The van der Waals surface area contributed by atoms with Crippen molar-refractivity contribution in [3.8, 4) is 11.1 Å². The monoisotopic (exact) mass is 262 g/mol. The van der Waals surface area contributed by atoms with Crippen LogP contribution in [0, 0.1) is 5.82 Å². The third-order valence-electron chi connectivity index (χ3n) is 2.63. The molecule has 0 fully saturated rings. The van der Waals surface area contributed by atoms with Gasteiger partial charge in [0.2, 0.25) is 0 Å². The van der Waals surface area contributed by atoms with Crippen molar-refractivity contribution in [2.24, 2.45) is 0 Å². The minimum atomic E-state index is -1.09. The summed E-state index contributed by atoms with van der Waals surface area (Å²) in [6.45, 7) is 0. The van der Waals surface area contributed by atoms with Crippen molar-refractivity contribution < 1.29 is 14.3 Å². The third-order valence-corrected chi connectivity index (χ3v) is 3.15. The van der Waals surface area contributed by atoms with Crippen molar-refractivity contribution in [3.63, 3.8) is 0 Å². The van der Waals surface area contributed by atoms with Gasteiger partial charge in [-0.15, -0.1) is 0 Å². The van der Waals surface area contributed by atoms with Gasteiger partial charge in [0.05, 0.1) is 0 Å². The molecule has 0 amide bonds. The van der Waals surface area contributed by atoms with Crippen LogP contribution in [-0.4, -0.2) is 11.1 Å². The highest BCUT2D eigenvalue weighted by Crippen LogP contribution is 2.27. The Morgan fingerprint density at radius 2 is 1.83 bits per heavy atom. The van der Waals surface area contributed by atoms with Gasteiger partial charge in [0.25, 0.3) is 0 Å². The van der Waals surface area contributed by atoms with E-state index in [2.05, 4.69) is 12.6 Å². The van der Waals surface area contributed by atoms with Gasteiger partial charge in [-0.25, -0.2) is 4.39 Å². The van der Waals surface area contributed by atoms with Crippen molar-refractivity contribution in [1.82, 2.24) is 0 Å². The molecule has 2 aromatic carbocycles. The van der Waals surface area contributed by atoms with E-state index >= 15 is 0 Å². The van der Waals surface area contributed by atoms with Crippen molar-refractivity contribution in [2.75, 3.05) is 0 Å². The average molecular weight is 262 g/mol. The lowest BCUT2D eigenvalue weighted by Crippen LogP contribution is -2.05. The normalized spacial score (nSPS) is 12.1. The largest absolute Gasteiger partial charge is 0.480 e. The number of benzene rings is 2. The van der Waals surface area contributed by atoms with E-state index in [1.54, 1.807) is 24.3 Å². The second kappa shape index (κ2) is 5.23. The number of aliphatic carboxylic acids is 1. The van der Waals surface area contributed by atoms with Crippen LogP contribution >= 0.6 is 12.6 Å². The molecule has 0 radical (unpaired) electrons. The van der Waals surface area contributed by atoms with E-state index in [1.807, 2.05) is 18.2 Å². The molecule has 0 saturated carbocycles. The standard InChI is InChI=1S/C14H11FO2S/c15-12-8-10(13(18)14(16)17)6-7-11(12)9-4-2-1-3-5-9/h1-8,13,18H,(H,16,17). The predicted octanol–water partition coefficient (Wildman–Crippen LogP) is 3.55. The van der Waals surface area contributed by atoms with Gasteiger partial charge in [0.15, 0.2) is 0 Å². The number of carbonyl (C=O) groups is 1. The molecule has 0 saturated heterocycles. The van der Waals surface area contributed by atoms with E-state index < -0.39 is 17.0 Å². The van der Waals surface area contributed by atoms with Crippen molar-refractivity contribution >= 4 is 18.6 Å². The number of thiol groups is 1. The van der Waals surface area contributed by atoms with Crippen LogP contribution in [-0.2, 0) is 4.79 Å². The van der Waals surface area contributed by atoms with Crippen LogP contribution in [0.5, 0.6) is 0 Å². The van der Waals surface area contributed by atoms with Gasteiger partial charge in [-0.05, 0) is 17.2 Å². The minimum absolute atomic E-state index is 0.336. The van der Waals surface area contributed by atoms with Crippen LogP contribution in [0.1, 0.15) is 10.8 Å². The number of halogens is 1. The molecule has 18 heavy (non-hydrogen) atoms. The number of carboxylic acid groups (broad SMARTS) is 1. The summed E-state index contributed by atoms with van der Waals surface area (Å²) in [5.74, 6) is -1.54. The average Bonchev–Trinajstić information content (AvgIpc) is 2.38. The molecule has 0 aliphatic heterocycles. The van der Waals surface area contributed by atoms with Gasteiger partial charge in [-0.3, -0.25) is 4.79 Å². The maximum absolute atomic E-state index is 13.9. The highest BCUT2D eigenvalue weighted by atomic mass is 32.1. The smallest absolute Gasteiger partial charge is 0.320 e. The van der Waals surface area contributed by atoms with Crippen LogP contribution < -0.4 is 0 Å². The van der Waals surface area contributed by atoms with Crippen LogP contribution in [0.15, 0.2) is 48.5 Å². The molecule has 4 heteroatoms. The Kier molecular flexibility index (Phi) is 3.67. The molecular formula is C14H11FO2S. The fourth-order valence-corrected chi connectivity index (χ4v) is 1.86. The van der Waals surface area contributed by atoms with Gasteiger partial charge < -0.3 is 5.11 Å². The second-order valence-electron chi connectivity index (χ2n) is 3.85. The first kappa shape index (κ1) is 12.6. The van der Waals surface area contributed by atoms with Crippen LogP contribution in [0.3, 0.4) is 0 Å². The Balaban J connectivity index is 2.40. The van der Waals surface area contributed by atoms with E-state index in [0.29, 0.717) is 11.1 Å². The van der Waals surface area contributed by atoms with E-state index in [-0.39, 0.29) is 0 Å². The van der Waals surface area contributed by atoms with Gasteiger partial charge in [-0.2, -0.15) is 12.6 Å². The minimum Gasteiger partial charge on any atom is -0.480 e. The summed E-state index contributed by atoms with van der Waals surface area (Å²) in [6, 6.07) is 13.5. The molecule has 0 bridgehead atoms. The summed E-state index contributed by atoms with van der Waals surface area (Å²) in [4.78, 5) is 10.8. The number of hydrogen-bond donors (Lipinski definition) is 2. The zero-order valence-electron chi connectivity index (χ0n) is 9.38. The van der Waals surface area contributed by atoms with Gasteiger partial charge in [0.1, 0.15) is 11.1 Å². The summed E-state index contributed by atoms with van der Waals surface area (Å²) in [6.07, 6.45) is 0. The fourth-order valence-electron chi connectivity index (χ4n) is 1.70. The lowest BCUT2D eigenvalue weighted by Gasteiger charge is -2.09. The highest BCUT2D eigenvalue weighted by molar-refractivity contribution is 7.81. The number of carboxylic acids is 1. The Bertz CT molecular complexity index is 569. The zero-order valence-corrected chi connectivity index (χ0v) is 10.3. The first-order valence-electron chi connectivity index (χ1n) is 5.35. The molecule has 0 heterocycles. The SMILES string of the molecule is O=C(O)C(S)c1ccc(-c2ccccc2)c(F)c1. The molecule has 2 aromatic rings. The molecule has 0 aromatic heterocycles. The summed E-state index contributed by atoms with van der Waals surface area (Å²) in [7, 11) is 0. The molecule has 0 spiro atoms. The van der Waals surface area contributed by atoms with Crippen molar-refractivity contribution in [1.29, 1.82) is 0 Å². The quantitative estimate of drug-likeness (QED) is 0.830. The maximum atomic E-state index is 13.9. The number of rotatable bonds is 3. The third kappa shape index (κ3) is 2.54. The molecule has 2 rings (SSSR count).